The highest BCUT2D eigenvalue weighted by Crippen LogP contribution is 2.31. The van der Waals surface area contributed by atoms with Crippen molar-refractivity contribution in [3.05, 3.63) is 34.9 Å². The van der Waals surface area contributed by atoms with E-state index in [2.05, 4.69) is 5.32 Å². The molecule has 0 bridgehead atoms. The smallest absolute Gasteiger partial charge is 0.251 e. The van der Waals surface area contributed by atoms with E-state index in [1.807, 2.05) is 12.1 Å². The molecule has 2 rings (SSSR count). The van der Waals surface area contributed by atoms with E-state index in [1.165, 1.54) is 6.26 Å². The molecule has 0 fully saturated rings. The molecule has 110 valence electrons. The standard InChI is InChI=1S/C14H20N2O3S/c1-14(2,20(3,18)19)12(15)10-5-4-9-6-7-16-13(17)11(9)8-10/h4-5,8,12H,6-7,15H2,1-3H3,(H,16,17). The van der Waals surface area contributed by atoms with Gasteiger partial charge in [-0.1, -0.05) is 12.1 Å². The van der Waals surface area contributed by atoms with Gasteiger partial charge in [0.15, 0.2) is 9.84 Å². The molecule has 1 atom stereocenters. The van der Waals surface area contributed by atoms with Gasteiger partial charge in [-0.25, -0.2) is 8.42 Å². The van der Waals surface area contributed by atoms with Gasteiger partial charge in [-0.05, 0) is 37.5 Å². The number of sulfone groups is 1. The Hall–Kier alpha value is -1.40. The summed E-state index contributed by atoms with van der Waals surface area (Å²) < 4.78 is 22.6. The van der Waals surface area contributed by atoms with E-state index in [-0.39, 0.29) is 5.91 Å². The summed E-state index contributed by atoms with van der Waals surface area (Å²) in [7, 11) is -3.31. The molecule has 1 unspecified atom stereocenters. The minimum Gasteiger partial charge on any atom is -0.352 e. The van der Waals surface area contributed by atoms with Gasteiger partial charge in [-0.3, -0.25) is 4.79 Å². The van der Waals surface area contributed by atoms with Crippen LogP contribution in [0.4, 0.5) is 0 Å². The first-order valence-electron chi connectivity index (χ1n) is 6.51. The second-order valence-corrected chi connectivity index (χ2v) is 8.37. The summed E-state index contributed by atoms with van der Waals surface area (Å²) in [6.07, 6.45) is 1.96. The maximum Gasteiger partial charge on any atom is 0.251 e. The molecule has 0 aromatic heterocycles. The highest BCUT2D eigenvalue weighted by Gasteiger charge is 2.38. The molecule has 1 aliphatic heterocycles. The number of benzene rings is 1. The highest BCUT2D eigenvalue weighted by molar-refractivity contribution is 7.92. The molecular formula is C14H20N2O3S. The number of hydrogen-bond acceptors (Lipinski definition) is 4. The van der Waals surface area contributed by atoms with Crippen molar-refractivity contribution in [3.63, 3.8) is 0 Å². The third kappa shape index (κ3) is 2.45. The van der Waals surface area contributed by atoms with Crippen LogP contribution in [0.2, 0.25) is 0 Å². The predicted octanol–water partition coefficient (Wildman–Crippen LogP) is 0.796. The van der Waals surface area contributed by atoms with Gasteiger partial charge in [-0.15, -0.1) is 0 Å². The number of nitrogens with two attached hydrogens (primary N) is 1. The fourth-order valence-electron chi connectivity index (χ4n) is 2.25. The van der Waals surface area contributed by atoms with Crippen LogP contribution in [0, 0.1) is 0 Å². The normalized spacial score (nSPS) is 17.3. The second-order valence-electron chi connectivity index (χ2n) is 5.78. The molecule has 3 N–H and O–H groups in total. The van der Waals surface area contributed by atoms with E-state index in [0.29, 0.717) is 17.7 Å². The van der Waals surface area contributed by atoms with Gasteiger partial charge in [0.1, 0.15) is 0 Å². The van der Waals surface area contributed by atoms with Crippen molar-refractivity contribution >= 4 is 15.7 Å². The number of carbonyl (C=O) groups excluding carboxylic acids is 1. The molecule has 5 nitrogen and oxygen atoms in total. The molecule has 20 heavy (non-hydrogen) atoms. The summed E-state index contributed by atoms with van der Waals surface area (Å²) in [6, 6.07) is 4.70. The summed E-state index contributed by atoms with van der Waals surface area (Å²) in [4.78, 5) is 11.8. The topological polar surface area (TPSA) is 89.3 Å². The van der Waals surface area contributed by atoms with Crippen LogP contribution in [0.5, 0.6) is 0 Å². The summed E-state index contributed by atoms with van der Waals surface area (Å²) in [5.41, 5.74) is 8.35. The van der Waals surface area contributed by atoms with E-state index in [4.69, 9.17) is 5.73 Å². The predicted molar refractivity (Wildman–Crippen MR) is 78.3 cm³/mol. The molecule has 0 aliphatic carbocycles. The highest BCUT2D eigenvalue weighted by atomic mass is 32.2. The molecule has 1 aliphatic rings. The van der Waals surface area contributed by atoms with Gasteiger partial charge in [0.05, 0.1) is 4.75 Å². The van der Waals surface area contributed by atoms with Gasteiger partial charge in [0.25, 0.3) is 5.91 Å². The van der Waals surface area contributed by atoms with Crippen molar-refractivity contribution < 1.29 is 13.2 Å². The number of carbonyl (C=O) groups is 1. The van der Waals surface area contributed by atoms with Gasteiger partial charge >= 0.3 is 0 Å². The van der Waals surface area contributed by atoms with E-state index in [9.17, 15) is 13.2 Å². The fraction of sp³-hybridized carbons (Fsp3) is 0.500. The molecule has 1 aromatic rings. The van der Waals surface area contributed by atoms with Crippen LogP contribution in [0.25, 0.3) is 0 Å². The van der Waals surface area contributed by atoms with E-state index in [1.54, 1.807) is 19.9 Å². The zero-order valence-corrected chi connectivity index (χ0v) is 12.8. The molecule has 0 radical (unpaired) electrons. The molecule has 6 heteroatoms. The minimum absolute atomic E-state index is 0.127. The van der Waals surface area contributed by atoms with Crippen molar-refractivity contribution in [2.75, 3.05) is 12.8 Å². The van der Waals surface area contributed by atoms with Gasteiger partial charge < -0.3 is 11.1 Å². The van der Waals surface area contributed by atoms with Gasteiger partial charge in [0.2, 0.25) is 0 Å². The Kier molecular flexibility index (Phi) is 3.64. The Bertz CT molecular complexity index is 650. The first kappa shape index (κ1) is 15.0. The van der Waals surface area contributed by atoms with Crippen molar-refractivity contribution in [3.8, 4) is 0 Å². The maximum atomic E-state index is 11.9. The van der Waals surface area contributed by atoms with E-state index >= 15 is 0 Å². The van der Waals surface area contributed by atoms with E-state index in [0.717, 1.165) is 12.0 Å². The van der Waals surface area contributed by atoms with Crippen molar-refractivity contribution in [1.82, 2.24) is 5.32 Å². The quantitative estimate of drug-likeness (QED) is 0.863. The number of hydrogen-bond donors (Lipinski definition) is 2. The molecule has 1 heterocycles. The molecule has 0 saturated heterocycles. The monoisotopic (exact) mass is 296 g/mol. The van der Waals surface area contributed by atoms with Crippen LogP contribution in [0.15, 0.2) is 18.2 Å². The van der Waals surface area contributed by atoms with Crippen LogP contribution in [0.3, 0.4) is 0 Å². The molecular weight excluding hydrogens is 276 g/mol. The molecule has 1 amide bonds. The summed E-state index contributed by atoms with van der Waals surface area (Å²) >= 11 is 0. The first-order chi connectivity index (χ1) is 9.14. The average molecular weight is 296 g/mol. The maximum absolute atomic E-state index is 11.9. The van der Waals surface area contributed by atoms with Crippen LogP contribution >= 0.6 is 0 Å². The Balaban J connectivity index is 2.44. The van der Waals surface area contributed by atoms with Crippen molar-refractivity contribution in [2.45, 2.75) is 31.1 Å². The Morgan fingerprint density at radius 2 is 2.00 bits per heavy atom. The Morgan fingerprint density at radius 3 is 2.60 bits per heavy atom. The SMILES string of the molecule is CC(C)(C(N)c1ccc2c(c1)C(=O)NCC2)S(C)(=O)=O. The molecule has 1 aromatic carbocycles. The second kappa shape index (κ2) is 4.86. The molecule has 0 saturated carbocycles. The lowest BCUT2D eigenvalue weighted by Gasteiger charge is -2.30. The first-order valence-corrected chi connectivity index (χ1v) is 8.40. The summed E-state index contributed by atoms with van der Waals surface area (Å²) in [5, 5.41) is 2.78. The van der Waals surface area contributed by atoms with Crippen molar-refractivity contribution in [2.24, 2.45) is 5.73 Å². The fourth-order valence-corrected chi connectivity index (χ4v) is 2.85. The minimum atomic E-state index is -3.31. The average Bonchev–Trinajstić information content (AvgIpc) is 2.36. The molecule has 0 spiro atoms. The van der Waals surface area contributed by atoms with Crippen molar-refractivity contribution in [1.29, 1.82) is 0 Å². The summed E-state index contributed by atoms with van der Waals surface area (Å²) in [5.74, 6) is -0.127. The number of amides is 1. The zero-order chi connectivity index (χ0) is 15.1. The van der Waals surface area contributed by atoms with Crippen LogP contribution in [-0.4, -0.2) is 31.9 Å². The third-order valence-corrected chi connectivity index (χ3v) is 6.29. The number of fused-ring (bicyclic) bond motifs is 1. The lowest BCUT2D eigenvalue weighted by molar-refractivity contribution is 0.0946. The number of rotatable bonds is 3. The van der Waals surface area contributed by atoms with Crippen LogP contribution in [0.1, 0.15) is 41.4 Å². The van der Waals surface area contributed by atoms with Gasteiger partial charge in [0, 0.05) is 24.4 Å². The van der Waals surface area contributed by atoms with E-state index < -0.39 is 20.6 Å². The van der Waals surface area contributed by atoms with Crippen LogP contribution in [-0.2, 0) is 16.3 Å². The third-order valence-electron chi connectivity index (χ3n) is 4.12. The summed E-state index contributed by atoms with van der Waals surface area (Å²) in [6.45, 7) is 3.84. The Labute approximate surface area is 119 Å². The lowest BCUT2D eigenvalue weighted by Crippen LogP contribution is -2.42. The Morgan fingerprint density at radius 1 is 1.35 bits per heavy atom. The lowest BCUT2D eigenvalue weighted by atomic mass is 9.91. The number of nitrogens with one attached hydrogen (secondary N) is 1. The van der Waals surface area contributed by atoms with Gasteiger partial charge in [-0.2, -0.15) is 0 Å². The zero-order valence-electron chi connectivity index (χ0n) is 11.9. The van der Waals surface area contributed by atoms with Crippen LogP contribution < -0.4 is 11.1 Å². The largest absolute Gasteiger partial charge is 0.352 e.